The smallest absolute Gasteiger partial charge is 0.416 e. The van der Waals surface area contributed by atoms with Crippen LogP contribution in [0.5, 0.6) is 0 Å². The minimum atomic E-state index is -4.61. The molecule has 19 heavy (non-hydrogen) atoms. The standard InChI is InChI=1S/C11H11F3N2O3/c1-5(10(18)19)16-8-3-2-6(11(12,13)14)4-7(8)9(15)17/h2-5,16H,1H3,(H2,15,17)(H,18,19). The number of nitrogens with one attached hydrogen (secondary N) is 1. The van der Waals surface area contributed by atoms with Crippen molar-refractivity contribution in [2.45, 2.75) is 19.1 Å². The van der Waals surface area contributed by atoms with Gasteiger partial charge >= 0.3 is 12.1 Å². The van der Waals surface area contributed by atoms with Crippen LogP contribution in [-0.2, 0) is 11.0 Å². The Labute approximate surface area is 106 Å². The van der Waals surface area contributed by atoms with Crippen molar-refractivity contribution in [2.75, 3.05) is 5.32 Å². The van der Waals surface area contributed by atoms with Gasteiger partial charge in [-0.3, -0.25) is 9.59 Å². The van der Waals surface area contributed by atoms with Crippen LogP contribution in [0.2, 0.25) is 0 Å². The van der Waals surface area contributed by atoms with Crippen LogP contribution in [0.25, 0.3) is 0 Å². The van der Waals surface area contributed by atoms with Gasteiger partial charge in [-0.2, -0.15) is 13.2 Å². The molecule has 1 atom stereocenters. The predicted octanol–water partition coefficient (Wildman–Crippen LogP) is 1.69. The van der Waals surface area contributed by atoms with E-state index in [0.717, 1.165) is 12.1 Å². The number of nitrogens with two attached hydrogens (primary N) is 1. The summed E-state index contributed by atoms with van der Waals surface area (Å²) in [5, 5.41) is 11.1. The molecule has 0 aliphatic heterocycles. The van der Waals surface area contributed by atoms with E-state index < -0.39 is 35.2 Å². The fourth-order valence-corrected chi connectivity index (χ4v) is 1.35. The number of carbonyl (C=O) groups excluding carboxylic acids is 1. The van der Waals surface area contributed by atoms with Gasteiger partial charge in [0, 0.05) is 5.69 Å². The van der Waals surface area contributed by atoms with Crippen LogP contribution in [0.3, 0.4) is 0 Å². The number of alkyl halides is 3. The summed E-state index contributed by atoms with van der Waals surface area (Å²) in [7, 11) is 0. The zero-order valence-electron chi connectivity index (χ0n) is 9.78. The summed E-state index contributed by atoms with van der Waals surface area (Å²) < 4.78 is 37.5. The van der Waals surface area contributed by atoms with Crippen LogP contribution in [0.1, 0.15) is 22.8 Å². The second kappa shape index (κ2) is 5.17. The molecule has 1 unspecified atom stereocenters. The normalized spacial score (nSPS) is 12.8. The van der Waals surface area contributed by atoms with Crippen molar-refractivity contribution < 1.29 is 27.9 Å². The first-order chi connectivity index (χ1) is 8.62. The van der Waals surface area contributed by atoms with E-state index in [2.05, 4.69) is 5.32 Å². The van der Waals surface area contributed by atoms with Crippen molar-refractivity contribution in [3.8, 4) is 0 Å². The summed E-state index contributed by atoms with van der Waals surface area (Å²) in [5.74, 6) is -2.29. The lowest BCUT2D eigenvalue weighted by Gasteiger charge is -2.15. The Morgan fingerprint density at radius 1 is 1.37 bits per heavy atom. The van der Waals surface area contributed by atoms with E-state index in [1.54, 1.807) is 0 Å². The maximum Gasteiger partial charge on any atom is 0.416 e. The molecule has 104 valence electrons. The van der Waals surface area contributed by atoms with Crippen LogP contribution in [0.4, 0.5) is 18.9 Å². The Morgan fingerprint density at radius 3 is 2.37 bits per heavy atom. The van der Waals surface area contributed by atoms with E-state index in [4.69, 9.17) is 10.8 Å². The molecular formula is C11H11F3N2O3. The molecule has 1 amide bonds. The van der Waals surface area contributed by atoms with E-state index in [-0.39, 0.29) is 5.69 Å². The summed E-state index contributed by atoms with van der Waals surface area (Å²) >= 11 is 0. The SMILES string of the molecule is CC(Nc1ccc(C(F)(F)F)cc1C(N)=O)C(=O)O. The molecule has 0 aliphatic rings. The van der Waals surface area contributed by atoms with Crippen LogP contribution >= 0.6 is 0 Å². The monoisotopic (exact) mass is 276 g/mol. The zero-order chi connectivity index (χ0) is 14.8. The van der Waals surface area contributed by atoms with Gasteiger partial charge in [-0.15, -0.1) is 0 Å². The van der Waals surface area contributed by atoms with Crippen LogP contribution in [0, 0.1) is 0 Å². The Hall–Kier alpha value is -2.25. The van der Waals surface area contributed by atoms with E-state index in [9.17, 15) is 22.8 Å². The Balaban J connectivity index is 3.19. The summed E-state index contributed by atoms with van der Waals surface area (Å²) in [5.41, 5.74) is 3.48. The molecule has 0 aliphatic carbocycles. The highest BCUT2D eigenvalue weighted by Crippen LogP contribution is 2.31. The molecule has 8 heteroatoms. The second-order valence-corrected chi connectivity index (χ2v) is 3.83. The third-order valence-corrected chi connectivity index (χ3v) is 2.35. The van der Waals surface area contributed by atoms with E-state index in [0.29, 0.717) is 6.07 Å². The number of carboxylic acids is 1. The molecule has 0 saturated heterocycles. The molecule has 0 radical (unpaired) electrons. The van der Waals surface area contributed by atoms with Crippen LogP contribution in [-0.4, -0.2) is 23.0 Å². The average molecular weight is 276 g/mol. The van der Waals surface area contributed by atoms with Crippen molar-refractivity contribution >= 4 is 17.6 Å². The lowest BCUT2D eigenvalue weighted by atomic mass is 10.1. The minimum Gasteiger partial charge on any atom is -0.480 e. The summed E-state index contributed by atoms with van der Waals surface area (Å²) in [4.78, 5) is 21.8. The first kappa shape index (κ1) is 14.8. The molecule has 0 fully saturated rings. The van der Waals surface area contributed by atoms with Crippen molar-refractivity contribution in [2.24, 2.45) is 5.73 Å². The van der Waals surface area contributed by atoms with E-state index in [1.807, 2.05) is 0 Å². The molecular weight excluding hydrogens is 265 g/mol. The molecule has 0 bridgehead atoms. The quantitative estimate of drug-likeness (QED) is 0.780. The third-order valence-electron chi connectivity index (χ3n) is 2.35. The van der Waals surface area contributed by atoms with E-state index >= 15 is 0 Å². The topological polar surface area (TPSA) is 92.4 Å². The molecule has 0 aromatic heterocycles. The number of halogens is 3. The molecule has 1 aromatic rings. The number of amides is 1. The number of aliphatic carboxylic acids is 1. The average Bonchev–Trinajstić information content (AvgIpc) is 2.27. The fraction of sp³-hybridized carbons (Fsp3) is 0.273. The van der Waals surface area contributed by atoms with Gasteiger partial charge in [0.25, 0.3) is 5.91 Å². The largest absolute Gasteiger partial charge is 0.480 e. The molecule has 0 heterocycles. The number of hydrogen-bond donors (Lipinski definition) is 3. The summed E-state index contributed by atoms with van der Waals surface area (Å²) in [6.07, 6.45) is -4.61. The van der Waals surface area contributed by atoms with E-state index in [1.165, 1.54) is 6.92 Å². The van der Waals surface area contributed by atoms with Gasteiger partial charge in [-0.05, 0) is 25.1 Å². The summed E-state index contributed by atoms with van der Waals surface area (Å²) in [6.45, 7) is 1.28. The molecule has 4 N–H and O–H groups in total. The van der Waals surface area contributed by atoms with Crippen LogP contribution in [0.15, 0.2) is 18.2 Å². The number of hydrogen-bond acceptors (Lipinski definition) is 3. The maximum absolute atomic E-state index is 12.5. The van der Waals surface area contributed by atoms with Crippen LogP contribution < -0.4 is 11.1 Å². The first-order valence-electron chi connectivity index (χ1n) is 5.13. The Morgan fingerprint density at radius 2 is 1.95 bits per heavy atom. The van der Waals surface area contributed by atoms with Crippen molar-refractivity contribution in [3.05, 3.63) is 29.3 Å². The molecule has 0 spiro atoms. The molecule has 1 aromatic carbocycles. The second-order valence-electron chi connectivity index (χ2n) is 3.83. The molecule has 0 saturated carbocycles. The van der Waals surface area contributed by atoms with Gasteiger partial charge in [-0.25, -0.2) is 0 Å². The Bertz CT molecular complexity index is 514. The number of anilines is 1. The lowest BCUT2D eigenvalue weighted by molar-refractivity contribution is -0.138. The van der Waals surface area contributed by atoms with Gasteiger partial charge in [0.15, 0.2) is 0 Å². The predicted molar refractivity (Wildman–Crippen MR) is 60.7 cm³/mol. The molecule has 5 nitrogen and oxygen atoms in total. The highest BCUT2D eigenvalue weighted by molar-refractivity contribution is 5.99. The summed E-state index contributed by atoms with van der Waals surface area (Å²) in [6, 6.07) is 1.22. The van der Waals surface area contributed by atoms with Crippen molar-refractivity contribution in [1.82, 2.24) is 0 Å². The lowest BCUT2D eigenvalue weighted by Crippen LogP contribution is -2.27. The fourth-order valence-electron chi connectivity index (χ4n) is 1.35. The highest BCUT2D eigenvalue weighted by atomic mass is 19.4. The van der Waals surface area contributed by atoms with Gasteiger partial charge in [0.1, 0.15) is 6.04 Å². The number of carbonyl (C=O) groups is 2. The van der Waals surface area contributed by atoms with Crippen molar-refractivity contribution in [1.29, 1.82) is 0 Å². The number of primary amides is 1. The molecule has 1 rings (SSSR count). The van der Waals surface area contributed by atoms with Gasteiger partial charge in [0.2, 0.25) is 0 Å². The number of benzene rings is 1. The third kappa shape index (κ3) is 3.60. The highest BCUT2D eigenvalue weighted by Gasteiger charge is 2.31. The van der Waals surface area contributed by atoms with Gasteiger partial charge in [-0.1, -0.05) is 0 Å². The number of carboxylic acid groups (broad SMARTS) is 1. The minimum absolute atomic E-state index is 0.0598. The zero-order valence-corrected chi connectivity index (χ0v) is 9.78. The maximum atomic E-state index is 12.5. The van der Waals surface area contributed by atoms with Gasteiger partial charge in [0.05, 0.1) is 11.1 Å². The number of rotatable bonds is 4. The first-order valence-corrected chi connectivity index (χ1v) is 5.13. The van der Waals surface area contributed by atoms with Crippen molar-refractivity contribution in [3.63, 3.8) is 0 Å². The van der Waals surface area contributed by atoms with Gasteiger partial charge < -0.3 is 16.2 Å². The Kier molecular flexibility index (Phi) is 4.03.